The van der Waals surface area contributed by atoms with Crippen LogP contribution in [0, 0.1) is 5.82 Å². The topological polar surface area (TPSA) is 81.1 Å². The van der Waals surface area contributed by atoms with Gasteiger partial charge in [0.2, 0.25) is 0 Å². The summed E-state index contributed by atoms with van der Waals surface area (Å²) in [7, 11) is -3.04. The minimum atomic E-state index is -3.04. The lowest BCUT2D eigenvalue weighted by molar-refractivity contribution is 0.102. The molecule has 2 heterocycles. The second-order valence-electron chi connectivity index (χ2n) is 6.95. The Kier molecular flexibility index (Phi) is 4.30. The van der Waals surface area contributed by atoms with Crippen LogP contribution in [0.4, 0.5) is 10.1 Å². The summed E-state index contributed by atoms with van der Waals surface area (Å²) >= 11 is 0. The van der Waals surface area contributed by atoms with E-state index in [1.807, 2.05) is 0 Å². The highest BCUT2D eigenvalue weighted by Crippen LogP contribution is 2.31. The number of carbonyl (C=O) groups excluding carboxylic acids is 1. The van der Waals surface area contributed by atoms with E-state index >= 15 is 0 Å². The van der Waals surface area contributed by atoms with Crippen LogP contribution in [0.25, 0.3) is 0 Å². The number of rotatable bonds is 3. The van der Waals surface area contributed by atoms with Crippen LogP contribution in [-0.4, -0.2) is 35.6 Å². The third-order valence-corrected chi connectivity index (χ3v) is 6.81. The lowest BCUT2D eigenvalue weighted by atomic mass is 9.95. The summed E-state index contributed by atoms with van der Waals surface area (Å²) < 4.78 is 38.8. The van der Waals surface area contributed by atoms with Crippen molar-refractivity contribution < 1.29 is 17.6 Å². The van der Waals surface area contributed by atoms with Gasteiger partial charge < -0.3 is 5.32 Å². The molecule has 0 saturated carbocycles. The highest BCUT2D eigenvalue weighted by molar-refractivity contribution is 7.91. The zero-order chi connectivity index (χ0) is 18.3. The number of anilines is 1. The standard InChI is InChI=1S/C18H20FN3O3S/c19-12-4-3-5-13(10-12)20-18(23)17-15-6-1-2-7-16(15)22(21-17)14-8-9-26(24,25)11-14/h3-5,10,14H,1-2,6-9,11H2,(H,20,23). The smallest absolute Gasteiger partial charge is 0.276 e. The minimum absolute atomic E-state index is 0.0755. The molecule has 1 amide bonds. The van der Waals surface area contributed by atoms with Gasteiger partial charge in [-0.05, 0) is 50.3 Å². The molecular formula is C18H20FN3O3S. The van der Waals surface area contributed by atoms with Gasteiger partial charge in [0.1, 0.15) is 5.82 Å². The zero-order valence-corrected chi connectivity index (χ0v) is 15.1. The highest BCUT2D eigenvalue weighted by atomic mass is 32.2. The van der Waals surface area contributed by atoms with Gasteiger partial charge in [-0.3, -0.25) is 9.48 Å². The molecule has 26 heavy (non-hydrogen) atoms. The van der Waals surface area contributed by atoms with Crippen LogP contribution in [-0.2, 0) is 22.7 Å². The second kappa shape index (κ2) is 6.50. The van der Waals surface area contributed by atoms with Crippen molar-refractivity contribution in [1.82, 2.24) is 9.78 Å². The lowest BCUT2D eigenvalue weighted by Gasteiger charge is -2.17. The molecule has 1 aromatic heterocycles. The summed E-state index contributed by atoms with van der Waals surface area (Å²) in [5.41, 5.74) is 2.57. The van der Waals surface area contributed by atoms with E-state index in [0.29, 0.717) is 17.8 Å². The van der Waals surface area contributed by atoms with Crippen molar-refractivity contribution in [3.8, 4) is 0 Å². The molecule has 1 atom stereocenters. The van der Waals surface area contributed by atoms with Crippen molar-refractivity contribution in [2.24, 2.45) is 0 Å². The third-order valence-electron chi connectivity index (χ3n) is 5.06. The Morgan fingerprint density at radius 1 is 1.27 bits per heavy atom. The molecule has 1 aliphatic heterocycles. The molecule has 8 heteroatoms. The molecule has 1 aromatic carbocycles. The average Bonchev–Trinajstić information content (AvgIpc) is 3.15. The first kappa shape index (κ1) is 17.2. The van der Waals surface area contributed by atoms with Gasteiger partial charge in [-0.25, -0.2) is 12.8 Å². The maximum absolute atomic E-state index is 13.3. The molecule has 0 bridgehead atoms. The Hall–Kier alpha value is -2.22. The van der Waals surface area contributed by atoms with Gasteiger partial charge in [-0.2, -0.15) is 5.10 Å². The summed E-state index contributed by atoms with van der Waals surface area (Å²) in [6.07, 6.45) is 4.05. The van der Waals surface area contributed by atoms with Gasteiger partial charge in [-0.15, -0.1) is 0 Å². The van der Waals surface area contributed by atoms with Crippen molar-refractivity contribution in [3.05, 3.63) is 47.0 Å². The summed E-state index contributed by atoms with van der Waals surface area (Å²) in [4.78, 5) is 12.7. The van der Waals surface area contributed by atoms with E-state index in [1.165, 1.54) is 18.2 Å². The molecule has 0 radical (unpaired) electrons. The van der Waals surface area contributed by atoms with Crippen molar-refractivity contribution in [2.45, 2.75) is 38.1 Å². The number of halogens is 1. The number of nitrogens with zero attached hydrogens (tertiary/aromatic N) is 2. The monoisotopic (exact) mass is 377 g/mol. The number of sulfone groups is 1. The zero-order valence-electron chi connectivity index (χ0n) is 14.2. The number of benzene rings is 1. The third kappa shape index (κ3) is 3.25. The van der Waals surface area contributed by atoms with E-state index in [0.717, 1.165) is 36.9 Å². The highest BCUT2D eigenvalue weighted by Gasteiger charge is 2.34. The van der Waals surface area contributed by atoms with Gasteiger partial charge in [-0.1, -0.05) is 6.07 Å². The van der Waals surface area contributed by atoms with Crippen LogP contribution in [0.3, 0.4) is 0 Å². The molecule has 2 aliphatic rings. The normalized spacial score (nSPS) is 21.3. The molecule has 4 rings (SSSR count). The van der Waals surface area contributed by atoms with Crippen LogP contribution in [0.2, 0.25) is 0 Å². The van der Waals surface area contributed by atoms with Gasteiger partial charge in [0.05, 0.1) is 17.5 Å². The summed E-state index contributed by atoms with van der Waals surface area (Å²) in [5, 5.41) is 7.20. The molecule has 6 nitrogen and oxygen atoms in total. The van der Waals surface area contributed by atoms with E-state index in [2.05, 4.69) is 10.4 Å². The SMILES string of the molecule is O=C(Nc1cccc(F)c1)c1nn(C2CCS(=O)(=O)C2)c2c1CCCC2. The van der Waals surface area contributed by atoms with E-state index in [4.69, 9.17) is 0 Å². The Labute approximate surface area is 151 Å². The molecular weight excluding hydrogens is 357 g/mol. The second-order valence-corrected chi connectivity index (χ2v) is 9.18. The van der Waals surface area contributed by atoms with E-state index in [-0.39, 0.29) is 23.5 Å². The lowest BCUT2D eigenvalue weighted by Crippen LogP contribution is -2.17. The quantitative estimate of drug-likeness (QED) is 0.891. The molecule has 1 aliphatic carbocycles. The number of hydrogen-bond donors (Lipinski definition) is 1. The number of carbonyl (C=O) groups is 1. The Balaban J connectivity index is 1.67. The van der Waals surface area contributed by atoms with Crippen molar-refractivity contribution >= 4 is 21.4 Å². The molecule has 1 N–H and O–H groups in total. The summed E-state index contributed by atoms with van der Waals surface area (Å²) in [5.74, 6) is -0.566. The maximum atomic E-state index is 13.3. The van der Waals surface area contributed by atoms with Gasteiger partial charge >= 0.3 is 0 Å². The van der Waals surface area contributed by atoms with Gasteiger partial charge in [0, 0.05) is 16.9 Å². The van der Waals surface area contributed by atoms with Crippen molar-refractivity contribution in [2.75, 3.05) is 16.8 Å². The first-order valence-corrected chi connectivity index (χ1v) is 10.6. The first-order valence-electron chi connectivity index (χ1n) is 8.80. The molecule has 138 valence electrons. The first-order chi connectivity index (χ1) is 12.4. The van der Waals surface area contributed by atoms with Crippen LogP contribution in [0.15, 0.2) is 24.3 Å². The number of aromatic nitrogens is 2. The number of hydrogen-bond acceptors (Lipinski definition) is 4. The molecule has 1 saturated heterocycles. The summed E-state index contributed by atoms with van der Waals surface area (Å²) in [6.45, 7) is 0. The van der Waals surface area contributed by atoms with Crippen molar-refractivity contribution in [1.29, 1.82) is 0 Å². The van der Waals surface area contributed by atoms with Crippen LogP contribution < -0.4 is 5.32 Å². The van der Waals surface area contributed by atoms with Crippen LogP contribution in [0.1, 0.15) is 47.1 Å². The van der Waals surface area contributed by atoms with Crippen LogP contribution >= 0.6 is 0 Å². The predicted molar refractivity (Wildman–Crippen MR) is 95.5 cm³/mol. The number of amides is 1. The maximum Gasteiger partial charge on any atom is 0.276 e. The molecule has 1 unspecified atom stereocenters. The van der Waals surface area contributed by atoms with Gasteiger partial charge in [0.25, 0.3) is 5.91 Å². The molecule has 0 spiro atoms. The Morgan fingerprint density at radius 2 is 2.08 bits per heavy atom. The molecule has 2 aromatic rings. The fourth-order valence-electron chi connectivity index (χ4n) is 3.84. The average molecular weight is 377 g/mol. The summed E-state index contributed by atoms with van der Waals surface area (Å²) in [6, 6.07) is 5.51. The number of fused-ring (bicyclic) bond motifs is 1. The van der Waals surface area contributed by atoms with Gasteiger partial charge in [0.15, 0.2) is 15.5 Å². The van der Waals surface area contributed by atoms with E-state index in [1.54, 1.807) is 10.7 Å². The minimum Gasteiger partial charge on any atom is -0.320 e. The van der Waals surface area contributed by atoms with E-state index < -0.39 is 15.7 Å². The largest absolute Gasteiger partial charge is 0.320 e. The van der Waals surface area contributed by atoms with Crippen molar-refractivity contribution in [3.63, 3.8) is 0 Å². The number of nitrogens with one attached hydrogen (secondary N) is 1. The van der Waals surface area contributed by atoms with Crippen LogP contribution in [0.5, 0.6) is 0 Å². The fourth-order valence-corrected chi connectivity index (χ4v) is 5.53. The van der Waals surface area contributed by atoms with E-state index in [9.17, 15) is 17.6 Å². The Morgan fingerprint density at radius 3 is 2.81 bits per heavy atom. The molecule has 1 fully saturated rings. The Bertz CT molecular complexity index is 968. The fraction of sp³-hybridized carbons (Fsp3) is 0.444. The predicted octanol–water partition coefficient (Wildman–Crippen LogP) is 2.51.